The maximum Gasteiger partial charge on any atom is 0.417 e. The molecule has 3 aromatic rings. The number of aliphatic hydroxyl groups excluding tert-OH is 1. The predicted molar refractivity (Wildman–Crippen MR) is 128 cm³/mol. The molecular weight excluding hydrogens is 469 g/mol. The van der Waals surface area contributed by atoms with Gasteiger partial charge in [-0.25, -0.2) is 4.98 Å². The van der Waals surface area contributed by atoms with Crippen molar-refractivity contribution in [2.75, 3.05) is 37.7 Å². The van der Waals surface area contributed by atoms with Crippen molar-refractivity contribution in [3.8, 4) is 6.07 Å². The number of pyridine rings is 1. The van der Waals surface area contributed by atoms with Gasteiger partial charge in [0.1, 0.15) is 5.69 Å². The Kier molecular flexibility index (Phi) is 6.08. The van der Waals surface area contributed by atoms with Crippen molar-refractivity contribution in [1.82, 2.24) is 9.88 Å². The van der Waals surface area contributed by atoms with Gasteiger partial charge in [-0.2, -0.15) is 18.4 Å². The van der Waals surface area contributed by atoms with E-state index < -0.39 is 17.3 Å². The molecule has 36 heavy (non-hydrogen) atoms. The normalized spacial score (nSPS) is 19.6. The van der Waals surface area contributed by atoms with Crippen molar-refractivity contribution >= 4 is 22.5 Å². The number of hydrogen-bond acceptors (Lipinski definition) is 5. The number of alkyl halides is 3. The number of amides is 1. The molecule has 6 nitrogen and oxygen atoms in total. The van der Waals surface area contributed by atoms with Crippen LogP contribution in [0.4, 0.5) is 18.9 Å². The van der Waals surface area contributed by atoms with Gasteiger partial charge >= 0.3 is 6.18 Å². The number of carbonyl (C=O) groups is 1. The van der Waals surface area contributed by atoms with E-state index in [4.69, 9.17) is 5.26 Å². The summed E-state index contributed by atoms with van der Waals surface area (Å²) in [5, 5.41) is 20.1. The van der Waals surface area contributed by atoms with Gasteiger partial charge in [-0.05, 0) is 48.6 Å². The zero-order valence-electron chi connectivity index (χ0n) is 19.5. The number of fused-ring (bicyclic) bond motifs is 1. The maximum absolute atomic E-state index is 13.4. The number of nitrogens with zero attached hydrogens (tertiary/aromatic N) is 4. The first-order valence-corrected chi connectivity index (χ1v) is 11.9. The highest BCUT2D eigenvalue weighted by Crippen LogP contribution is 2.46. The number of nitriles is 1. The van der Waals surface area contributed by atoms with Gasteiger partial charge in [0, 0.05) is 49.8 Å². The van der Waals surface area contributed by atoms with Crippen LogP contribution in [0.2, 0.25) is 0 Å². The van der Waals surface area contributed by atoms with Gasteiger partial charge in [-0.1, -0.05) is 24.3 Å². The van der Waals surface area contributed by atoms with E-state index in [1.807, 2.05) is 35.2 Å². The Morgan fingerprint density at radius 2 is 1.89 bits per heavy atom. The third-order valence-corrected chi connectivity index (χ3v) is 7.69. The molecule has 1 aromatic heterocycles. The molecule has 186 valence electrons. The number of carbonyl (C=O) groups excluding carboxylic acids is 1. The van der Waals surface area contributed by atoms with Crippen LogP contribution in [0.25, 0.3) is 10.9 Å². The molecule has 1 unspecified atom stereocenters. The molecule has 0 bridgehead atoms. The van der Waals surface area contributed by atoms with Crippen molar-refractivity contribution < 1.29 is 23.1 Å². The Morgan fingerprint density at radius 3 is 2.58 bits per heavy atom. The molecule has 0 radical (unpaired) electrons. The van der Waals surface area contributed by atoms with Crippen LogP contribution in [0.3, 0.4) is 0 Å². The number of benzene rings is 2. The number of aromatic nitrogens is 1. The summed E-state index contributed by atoms with van der Waals surface area (Å²) in [6.07, 6.45) is -3.34. The Bertz CT molecular complexity index is 1340. The summed E-state index contributed by atoms with van der Waals surface area (Å²) in [6, 6.07) is 16.6. The second kappa shape index (κ2) is 9.10. The Balaban J connectivity index is 1.32. The van der Waals surface area contributed by atoms with E-state index in [9.17, 15) is 23.1 Å². The van der Waals surface area contributed by atoms with E-state index in [-0.39, 0.29) is 23.8 Å². The topological polar surface area (TPSA) is 80.5 Å². The largest absolute Gasteiger partial charge is 0.417 e. The van der Waals surface area contributed by atoms with Gasteiger partial charge in [-0.15, -0.1) is 0 Å². The number of aliphatic hydroxyl groups is 1. The molecule has 0 aliphatic carbocycles. The summed E-state index contributed by atoms with van der Waals surface area (Å²) >= 11 is 0. The molecule has 2 aliphatic heterocycles. The number of rotatable bonds is 3. The molecule has 9 heteroatoms. The molecule has 3 heterocycles. The molecule has 2 aliphatic rings. The van der Waals surface area contributed by atoms with Crippen LogP contribution in [0.5, 0.6) is 0 Å². The lowest BCUT2D eigenvalue weighted by Crippen LogP contribution is -2.45. The minimum absolute atomic E-state index is 0.0655. The zero-order chi connectivity index (χ0) is 25.5. The highest BCUT2D eigenvalue weighted by Gasteiger charge is 2.49. The first-order chi connectivity index (χ1) is 17.2. The molecule has 2 saturated heterocycles. The van der Waals surface area contributed by atoms with Crippen LogP contribution in [0, 0.1) is 22.7 Å². The van der Waals surface area contributed by atoms with Crippen LogP contribution in [-0.4, -0.2) is 53.7 Å². The fourth-order valence-electron chi connectivity index (χ4n) is 5.62. The van der Waals surface area contributed by atoms with Gasteiger partial charge in [0.25, 0.3) is 5.91 Å². The molecule has 2 fully saturated rings. The Morgan fingerprint density at radius 1 is 1.14 bits per heavy atom. The number of anilines is 1. The lowest BCUT2D eigenvalue weighted by atomic mass is 9.71. The lowest BCUT2D eigenvalue weighted by molar-refractivity contribution is -0.137. The van der Waals surface area contributed by atoms with Crippen molar-refractivity contribution in [3.05, 3.63) is 71.4 Å². The molecule has 5 rings (SSSR count). The predicted octanol–water partition coefficient (Wildman–Crippen LogP) is 4.48. The number of halogens is 3. The summed E-state index contributed by atoms with van der Waals surface area (Å²) < 4.78 is 40.3. The summed E-state index contributed by atoms with van der Waals surface area (Å²) in [4.78, 5) is 21.4. The summed E-state index contributed by atoms with van der Waals surface area (Å²) in [7, 11) is 0. The first kappa shape index (κ1) is 24.1. The molecule has 2 aromatic carbocycles. The minimum Gasteiger partial charge on any atom is -0.396 e. The van der Waals surface area contributed by atoms with Crippen molar-refractivity contribution in [2.45, 2.75) is 19.0 Å². The molecule has 1 spiro atoms. The number of para-hydroxylation sites is 1. The SMILES string of the molecule is N#Cc1ccc(N2CCC3(CC2)CN(C(=O)c2ccc4ccccc4n2)CC3CO)cc1C(F)(F)F. The summed E-state index contributed by atoms with van der Waals surface area (Å²) in [5.74, 6) is -0.295. The molecule has 1 N–H and O–H groups in total. The molecule has 1 amide bonds. The van der Waals surface area contributed by atoms with Crippen LogP contribution >= 0.6 is 0 Å². The Labute approximate surface area is 206 Å². The number of piperidine rings is 1. The van der Waals surface area contributed by atoms with Crippen LogP contribution < -0.4 is 4.90 Å². The van der Waals surface area contributed by atoms with E-state index in [0.29, 0.717) is 50.4 Å². The first-order valence-electron chi connectivity index (χ1n) is 11.9. The van der Waals surface area contributed by atoms with Gasteiger partial charge in [0.05, 0.1) is 22.7 Å². The van der Waals surface area contributed by atoms with E-state index in [2.05, 4.69) is 4.98 Å². The smallest absolute Gasteiger partial charge is 0.396 e. The van der Waals surface area contributed by atoms with Crippen LogP contribution in [0.15, 0.2) is 54.6 Å². The lowest BCUT2D eigenvalue weighted by Gasteiger charge is -2.43. The van der Waals surface area contributed by atoms with Crippen molar-refractivity contribution in [1.29, 1.82) is 5.26 Å². The van der Waals surface area contributed by atoms with Crippen LogP contribution in [0.1, 0.15) is 34.5 Å². The fraction of sp³-hybridized carbons (Fsp3) is 0.370. The number of likely N-dealkylation sites (tertiary alicyclic amines) is 1. The third kappa shape index (κ3) is 4.26. The zero-order valence-corrected chi connectivity index (χ0v) is 19.5. The minimum atomic E-state index is -4.61. The quantitative estimate of drug-likeness (QED) is 0.581. The van der Waals surface area contributed by atoms with Gasteiger partial charge in [0.2, 0.25) is 0 Å². The number of hydrogen-bond donors (Lipinski definition) is 1. The standard InChI is InChI=1S/C27H25F3N4O2/c28-27(29,30)22-13-21(7-5-19(22)14-31)33-11-9-26(10-12-33)17-34(15-20(26)16-35)25(36)24-8-6-18-3-1-2-4-23(18)32-24/h1-8,13,20,35H,9-12,15-17H2. The summed E-state index contributed by atoms with van der Waals surface area (Å²) in [6.45, 7) is 1.81. The van der Waals surface area contributed by atoms with Gasteiger partial charge in [0.15, 0.2) is 0 Å². The van der Waals surface area contributed by atoms with E-state index in [1.54, 1.807) is 23.1 Å². The fourth-order valence-corrected chi connectivity index (χ4v) is 5.62. The summed E-state index contributed by atoms with van der Waals surface area (Å²) in [5.41, 5.74) is -0.119. The maximum atomic E-state index is 13.4. The van der Waals surface area contributed by atoms with E-state index in [1.165, 1.54) is 6.07 Å². The van der Waals surface area contributed by atoms with E-state index >= 15 is 0 Å². The van der Waals surface area contributed by atoms with Gasteiger partial charge < -0.3 is 14.9 Å². The molecule has 0 saturated carbocycles. The second-order valence-corrected chi connectivity index (χ2v) is 9.64. The van der Waals surface area contributed by atoms with E-state index in [0.717, 1.165) is 17.0 Å². The van der Waals surface area contributed by atoms with Gasteiger partial charge in [-0.3, -0.25) is 4.79 Å². The molecule has 1 atom stereocenters. The Hall–Kier alpha value is -3.64. The highest BCUT2D eigenvalue weighted by atomic mass is 19.4. The van der Waals surface area contributed by atoms with Crippen molar-refractivity contribution in [3.63, 3.8) is 0 Å². The monoisotopic (exact) mass is 494 g/mol. The van der Waals surface area contributed by atoms with Crippen molar-refractivity contribution in [2.24, 2.45) is 11.3 Å². The van der Waals surface area contributed by atoms with Crippen LogP contribution in [-0.2, 0) is 6.18 Å². The highest BCUT2D eigenvalue weighted by molar-refractivity contribution is 5.95. The molecular formula is C27H25F3N4O2. The second-order valence-electron chi connectivity index (χ2n) is 9.64. The average Bonchev–Trinajstić information content (AvgIpc) is 3.25. The average molecular weight is 495 g/mol. The third-order valence-electron chi connectivity index (χ3n) is 7.69.